The van der Waals surface area contributed by atoms with Crippen LogP contribution in [0.4, 0.5) is 4.39 Å². The molecule has 5 nitrogen and oxygen atoms in total. The van der Waals surface area contributed by atoms with Crippen molar-refractivity contribution in [1.29, 1.82) is 0 Å². The summed E-state index contributed by atoms with van der Waals surface area (Å²) in [7, 11) is 0. The van der Waals surface area contributed by atoms with Crippen LogP contribution in [0.1, 0.15) is 23.0 Å². The van der Waals surface area contributed by atoms with Gasteiger partial charge in [0.05, 0.1) is 11.1 Å². The van der Waals surface area contributed by atoms with Gasteiger partial charge < -0.3 is 14.8 Å². The van der Waals surface area contributed by atoms with Crippen molar-refractivity contribution < 1.29 is 14.0 Å². The van der Waals surface area contributed by atoms with Crippen LogP contribution in [0.25, 0.3) is 10.9 Å². The normalized spacial score (nSPS) is 15.4. The molecule has 1 aromatic heterocycles. The van der Waals surface area contributed by atoms with Gasteiger partial charge in [0.25, 0.3) is 5.91 Å². The summed E-state index contributed by atoms with van der Waals surface area (Å²) < 4.78 is 13.8. The Bertz CT molecular complexity index is 745. The molecule has 0 unspecified atom stereocenters. The first kappa shape index (κ1) is 14.6. The zero-order valence-corrected chi connectivity index (χ0v) is 12.6. The second-order valence-electron chi connectivity index (χ2n) is 5.59. The fourth-order valence-electron chi connectivity index (χ4n) is 2.97. The fraction of sp³-hybridized carbons (Fsp3) is 0.375. The number of carbonyl (C=O) groups is 2. The van der Waals surface area contributed by atoms with Crippen LogP contribution in [0.2, 0.25) is 0 Å². The predicted octanol–water partition coefficient (Wildman–Crippen LogP) is 1.92. The van der Waals surface area contributed by atoms with Gasteiger partial charge in [-0.2, -0.15) is 0 Å². The molecule has 2 aromatic rings. The molecule has 0 saturated carbocycles. The largest absolute Gasteiger partial charge is 0.356 e. The topological polar surface area (TPSA) is 56.4 Å². The Morgan fingerprint density at radius 3 is 2.41 bits per heavy atom. The van der Waals surface area contributed by atoms with Gasteiger partial charge in [-0.25, -0.2) is 4.39 Å². The van der Waals surface area contributed by atoms with Crippen LogP contribution >= 0.6 is 0 Å². The lowest BCUT2D eigenvalue weighted by Gasteiger charge is -2.34. The van der Waals surface area contributed by atoms with Gasteiger partial charge >= 0.3 is 0 Å². The minimum atomic E-state index is -0.360. The van der Waals surface area contributed by atoms with Crippen LogP contribution in [-0.2, 0) is 4.79 Å². The zero-order valence-electron chi connectivity index (χ0n) is 12.6. The molecule has 1 aliphatic rings. The Morgan fingerprint density at radius 2 is 1.77 bits per heavy atom. The molecule has 116 valence electrons. The summed E-state index contributed by atoms with van der Waals surface area (Å²) in [5, 5.41) is 0.608. The number of nitrogens with zero attached hydrogens (tertiary/aromatic N) is 2. The van der Waals surface area contributed by atoms with E-state index in [1.54, 1.807) is 28.9 Å². The molecule has 22 heavy (non-hydrogen) atoms. The number of halogens is 1. The van der Waals surface area contributed by atoms with Crippen LogP contribution in [0, 0.1) is 12.7 Å². The molecule has 1 saturated heterocycles. The van der Waals surface area contributed by atoms with Gasteiger partial charge in [0.1, 0.15) is 5.82 Å². The van der Waals surface area contributed by atoms with Gasteiger partial charge in [0.2, 0.25) is 5.91 Å². The molecule has 0 bridgehead atoms. The third-order valence-corrected chi connectivity index (χ3v) is 4.20. The number of piperazine rings is 1. The van der Waals surface area contributed by atoms with Gasteiger partial charge in [0, 0.05) is 44.2 Å². The van der Waals surface area contributed by atoms with Gasteiger partial charge in [-0.05, 0) is 13.0 Å². The molecule has 0 spiro atoms. The van der Waals surface area contributed by atoms with Crippen molar-refractivity contribution in [3.8, 4) is 0 Å². The van der Waals surface area contributed by atoms with Crippen LogP contribution in [-0.4, -0.2) is 52.8 Å². The number of carbonyl (C=O) groups excluding carboxylic acids is 2. The van der Waals surface area contributed by atoms with E-state index in [2.05, 4.69) is 4.98 Å². The molecule has 1 fully saturated rings. The van der Waals surface area contributed by atoms with Gasteiger partial charge in [-0.3, -0.25) is 9.59 Å². The van der Waals surface area contributed by atoms with Crippen molar-refractivity contribution in [2.75, 3.05) is 26.2 Å². The van der Waals surface area contributed by atoms with E-state index in [0.29, 0.717) is 48.3 Å². The lowest BCUT2D eigenvalue weighted by atomic mass is 10.1. The van der Waals surface area contributed by atoms with Crippen LogP contribution in [0.15, 0.2) is 18.2 Å². The Kier molecular flexibility index (Phi) is 3.60. The standard InChI is InChI=1S/C16H18FN3O2/c1-10-14(12-4-3-5-13(17)15(12)18-10)16(22)20-8-6-19(7-9-20)11(2)21/h3-5,18H,6-9H2,1-2H3. The Hall–Kier alpha value is -2.37. The van der Waals surface area contributed by atoms with E-state index in [-0.39, 0.29) is 17.6 Å². The number of para-hydroxylation sites is 1. The lowest BCUT2D eigenvalue weighted by molar-refractivity contribution is -0.130. The molecular formula is C16H18FN3O2. The number of rotatable bonds is 1. The van der Waals surface area contributed by atoms with E-state index >= 15 is 0 Å². The molecule has 2 heterocycles. The summed E-state index contributed by atoms with van der Waals surface area (Å²) in [6, 6.07) is 4.73. The number of hydrogen-bond donors (Lipinski definition) is 1. The van der Waals surface area contributed by atoms with Crippen LogP contribution in [0.5, 0.6) is 0 Å². The molecule has 2 amide bonds. The third kappa shape index (κ3) is 2.34. The lowest BCUT2D eigenvalue weighted by Crippen LogP contribution is -2.50. The number of fused-ring (bicyclic) bond motifs is 1. The van der Waals surface area contributed by atoms with Crippen molar-refractivity contribution in [2.24, 2.45) is 0 Å². The van der Waals surface area contributed by atoms with E-state index in [9.17, 15) is 14.0 Å². The Balaban J connectivity index is 1.89. The average Bonchev–Trinajstić information content (AvgIpc) is 2.84. The number of hydrogen-bond acceptors (Lipinski definition) is 2. The molecular weight excluding hydrogens is 285 g/mol. The predicted molar refractivity (Wildman–Crippen MR) is 81.2 cm³/mol. The highest BCUT2D eigenvalue weighted by Crippen LogP contribution is 2.25. The number of nitrogens with one attached hydrogen (secondary N) is 1. The molecule has 0 atom stereocenters. The number of benzene rings is 1. The van der Waals surface area contributed by atoms with Crippen molar-refractivity contribution in [3.05, 3.63) is 35.3 Å². The first-order valence-corrected chi connectivity index (χ1v) is 7.30. The van der Waals surface area contributed by atoms with Crippen molar-refractivity contribution in [3.63, 3.8) is 0 Å². The molecule has 1 aliphatic heterocycles. The van der Waals surface area contributed by atoms with E-state index in [1.165, 1.54) is 13.0 Å². The molecule has 0 radical (unpaired) electrons. The molecule has 1 N–H and O–H groups in total. The average molecular weight is 303 g/mol. The number of H-pyrrole nitrogens is 1. The highest BCUT2D eigenvalue weighted by Gasteiger charge is 2.26. The number of aromatic nitrogens is 1. The minimum Gasteiger partial charge on any atom is -0.356 e. The Morgan fingerprint density at radius 1 is 1.14 bits per heavy atom. The second kappa shape index (κ2) is 5.44. The minimum absolute atomic E-state index is 0.0254. The van der Waals surface area contributed by atoms with Gasteiger partial charge in [0.15, 0.2) is 0 Å². The quantitative estimate of drug-likeness (QED) is 0.875. The monoisotopic (exact) mass is 303 g/mol. The maximum Gasteiger partial charge on any atom is 0.256 e. The van der Waals surface area contributed by atoms with Crippen molar-refractivity contribution in [1.82, 2.24) is 14.8 Å². The first-order valence-electron chi connectivity index (χ1n) is 7.30. The van der Waals surface area contributed by atoms with E-state index < -0.39 is 0 Å². The maximum atomic E-state index is 13.8. The summed E-state index contributed by atoms with van der Waals surface area (Å²) in [4.78, 5) is 30.5. The van der Waals surface area contributed by atoms with E-state index in [4.69, 9.17) is 0 Å². The summed E-state index contributed by atoms with van der Waals surface area (Å²) >= 11 is 0. The first-order chi connectivity index (χ1) is 10.5. The number of aryl methyl sites for hydroxylation is 1. The SMILES string of the molecule is CC(=O)N1CCN(C(=O)c2c(C)[nH]c3c(F)cccc23)CC1. The molecule has 1 aromatic carbocycles. The smallest absolute Gasteiger partial charge is 0.256 e. The summed E-state index contributed by atoms with van der Waals surface area (Å²) in [6.07, 6.45) is 0. The highest BCUT2D eigenvalue weighted by molar-refractivity contribution is 6.08. The fourth-order valence-corrected chi connectivity index (χ4v) is 2.97. The van der Waals surface area contributed by atoms with Crippen LogP contribution in [0.3, 0.4) is 0 Å². The Labute approximate surface area is 127 Å². The van der Waals surface area contributed by atoms with E-state index in [1.807, 2.05) is 0 Å². The van der Waals surface area contributed by atoms with Gasteiger partial charge in [-0.1, -0.05) is 12.1 Å². The highest BCUT2D eigenvalue weighted by atomic mass is 19.1. The molecule has 3 rings (SSSR count). The van der Waals surface area contributed by atoms with Crippen molar-refractivity contribution in [2.45, 2.75) is 13.8 Å². The zero-order chi connectivity index (χ0) is 15.9. The van der Waals surface area contributed by atoms with Crippen molar-refractivity contribution >= 4 is 22.7 Å². The maximum absolute atomic E-state index is 13.8. The van der Waals surface area contributed by atoms with Gasteiger partial charge in [-0.15, -0.1) is 0 Å². The van der Waals surface area contributed by atoms with Crippen LogP contribution < -0.4 is 0 Å². The third-order valence-electron chi connectivity index (χ3n) is 4.20. The molecule has 6 heteroatoms. The molecule has 0 aliphatic carbocycles. The summed E-state index contributed by atoms with van der Waals surface area (Å²) in [6.45, 7) is 5.38. The summed E-state index contributed by atoms with van der Waals surface area (Å²) in [5.41, 5.74) is 1.55. The number of amides is 2. The van der Waals surface area contributed by atoms with E-state index in [0.717, 1.165) is 0 Å². The summed E-state index contributed by atoms with van der Waals surface area (Å²) in [5.74, 6) is -0.448. The second-order valence-corrected chi connectivity index (χ2v) is 5.59. The number of aromatic amines is 1.